The van der Waals surface area contributed by atoms with Gasteiger partial charge in [0.2, 0.25) is 0 Å². The summed E-state index contributed by atoms with van der Waals surface area (Å²) in [7, 11) is -2.88. The maximum absolute atomic E-state index is 11.8. The summed E-state index contributed by atoms with van der Waals surface area (Å²) in [5.41, 5.74) is 0. The summed E-state index contributed by atoms with van der Waals surface area (Å²) in [5.74, 6) is 3.53. The fourth-order valence-electron chi connectivity index (χ4n) is 2.99. The van der Waals surface area contributed by atoms with Crippen LogP contribution in [-0.2, 0) is 9.84 Å². The van der Waals surface area contributed by atoms with Crippen LogP contribution in [0.25, 0.3) is 0 Å². The SMILES string of the molecule is CCNC(CSCC(C)C)C1CCCC(S(C)(=O)=O)C1. The van der Waals surface area contributed by atoms with Crippen LogP contribution in [0, 0.1) is 11.8 Å². The third-order valence-corrected chi connectivity index (χ3v) is 7.19. The molecule has 0 bridgehead atoms. The minimum absolute atomic E-state index is 0.113. The molecule has 0 amide bonds. The molecule has 5 heteroatoms. The van der Waals surface area contributed by atoms with Gasteiger partial charge in [-0.1, -0.05) is 27.2 Å². The number of nitrogens with one attached hydrogen (secondary N) is 1. The number of thioether (sulfide) groups is 1. The molecule has 1 fully saturated rings. The third kappa shape index (κ3) is 6.35. The molecule has 3 unspecified atom stereocenters. The van der Waals surface area contributed by atoms with Crippen molar-refractivity contribution in [3.8, 4) is 0 Å². The van der Waals surface area contributed by atoms with Crippen LogP contribution in [0.5, 0.6) is 0 Å². The van der Waals surface area contributed by atoms with E-state index < -0.39 is 9.84 Å². The molecule has 1 saturated carbocycles. The molecular weight excluding hydrogens is 290 g/mol. The molecular formula is C15H31NO2S2. The van der Waals surface area contributed by atoms with Crippen molar-refractivity contribution in [3.63, 3.8) is 0 Å². The van der Waals surface area contributed by atoms with Crippen LogP contribution in [0.1, 0.15) is 46.5 Å². The minimum atomic E-state index is -2.88. The topological polar surface area (TPSA) is 46.2 Å². The van der Waals surface area contributed by atoms with E-state index in [1.165, 1.54) is 18.4 Å². The average Bonchev–Trinajstić information content (AvgIpc) is 2.36. The van der Waals surface area contributed by atoms with Crippen molar-refractivity contribution in [2.24, 2.45) is 11.8 Å². The molecule has 20 heavy (non-hydrogen) atoms. The Kier molecular flexibility index (Phi) is 7.91. The number of hydrogen-bond acceptors (Lipinski definition) is 4. The normalized spacial score (nSPS) is 25.9. The number of hydrogen-bond donors (Lipinski definition) is 1. The third-order valence-electron chi connectivity index (χ3n) is 4.06. The lowest BCUT2D eigenvalue weighted by Crippen LogP contribution is -2.42. The Hall–Kier alpha value is 0.260. The van der Waals surface area contributed by atoms with Gasteiger partial charge in [0.1, 0.15) is 9.84 Å². The predicted molar refractivity (Wildman–Crippen MR) is 90.2 cm³/mol. The lowest BCUT2D eigenvalue weighted by molar-refractivity contribution is 0.289. The van der Waals surface area contributed by atoms with E-state index in [-0.39, 0.29) is 5.25 Å². The second-order valence-corrected chi connectivity index (χ2v) is 9.87. The van der Waals surface area contributed by atoms with Gasteiger partial charge in [-0.15, -0.1) is 0 Å². The summed E-state index contributed by atoms with van der Waals surface area (Å²) < 4.78 is 23.6. The Morgan fingerprint density at radius 3 is 2.50 bits per heavy atom. The summed E-state index contributed by atoms with van der Waals surface area (Å²) in [6.45, 7) is 7.59. The zero-order valence-electron chi connectivity index (χ0n) is 13.4. The van der Waals surface area contributed by atoms with Crippen molar-refractivity contribution in [3.05, 3.63) is 0 Å². The van der Waals surface area contributed by atoms with E-state index in [1.807, 2.05) is 11.8 Å². The average molecular weight is 322 g/mol. The van der Waals surface area contributed by atoms with Gasteiger partial charge in [0.15, 0.2) is 0 Å². The largest absolute Gasteiger partial charge is 0.313 e. The zero-order chi connectivity index (χ0) is 15.2. The van der Waals surface area contributed by atoms with E-state index in [0.717, 1.165) is 37.5 Å². The molecule has 3 atom stereocenters. The highest BCUT2D eigenvalue weighted by Gasteiger charge is 2.32. The van der Waals surface area contributed by atoms with Crippen molar-refractivity contribution < 1.29 is 8.42 Å². The smallest absolute Gasteiger partial charge is 0.150 e. The van der Waals surface area contributed by atoms with Gasteiger partial charge in [-0.25, -0.2) is 8.42 Å². The maximum Gasteiger partial charge on any atom is 0.150 e. The van der Waals surface area contributed by atoms with Crippen molar-refractivity contribution in [2.75, 3.05) is 24.3 Å². The van der Waals surface area contributed by atoms with E-state index in [0.29, 0.717) is 12.0 Å². The van der Waals surface area contributed by atoms with Gasteiger partial charge in [-0.05, 0) is 43.4 Å². The van der Waals surface area contributed by atoms with Gasteiger partial charge in [-0.2, -0.15) is 11.8 Å². The molecule has 3 nitrogen and oxygen atoms in total. The Labute approximate surface area is 129 Å². The summed E-state index contributed by atoms with van der Waals surface area (Å²) >= 11 is 2.00. The molecule has 120 valence electrons. The van der Waals surface area contributed by atoms with Crippen LogP contribution in [0.2, 0.25) is 0 Å². The molecule has 0 aromatic rings. The quantitative estimate of drug-likeness (QED) is 0.746. The molecule has 0 saturated heterocycles. The molecule has 0 spiro atoms. The molecule has 0 aromatic carbocycles. The van der Waals surface area contributed by atoms with Gasteiger partial charge in [0.05, 0.1) is 5.25 Å². The number of rotatable bonds is 8. The second-order valence-electron chi connectivity index (χ2n) is 6.47. The van der Waals surface area contributed by atoms with E-state index in [2.05, 4.69) is 26.1 Å². The summed E-state index contributed by atoms with van der Waals surface area (Å²) in [6, 6.07) is 0.466. The van der Waals surface area contributed by atoms with E-state index in [9.17, 15) is 8.42 Å². The van der Waals surface area contributed by atoms with Gasteiger partial charge >= 0.3 is 0 Å². The van der Waals surface area contributed by atoms with Gasteiger partial charge in [-0.3, -0.25) is 0 Å². The van der Waals surface area contributed by atoms with E-state index in [4.69, 9.17) is 0 Å². The molecule has 0 heterocycles. The molecule has 0 aromatic heterocycles. The van der Waals surface area contributed by atoms with Crippen LogP contribution < -0.4 is 5.32 Å². The van der Waals surface area contributed by atoms with Crippen molar-refractivity contribution in [2.45, 2.75) is 57.7 Å². The Balaban J connectivity index is 2.56. The van der Waals surface area contributed by atoms with Crippen LogP contribution in [0.4, 0.5) is 0 Å². The van der Waals surface area contributed by atoms with Crippen molar-refractivity contribution in [1.82, 2.24) is 5.32 Å². The first kappa shape index (κ1) is 18.3. The highest BCUT2D eigenvalue weighted by atomic mass is 32.2. The molecule has 1 aliphatic rings. The lowest BCUT2D eigenvalue weighted by Gasteiger charge is -2.34. The number of sulfone groups is 1. The summed E-state index contributed by atoms with van der Waals surface area (Å²) in [6.07, 6.45) is 5.33. The highest BCUT2D eigenvalue weighted by molar-refractivity contribution is 7.99. The Bertz CT molecular complexity index is 368. The first-order chi connectivity index (χ1) is 9.34. The predicted octanol–water partition coefficient (Wildman–Crippen LogP) is 2.96. The standard InChI is InChI=1S/C15H31NO2S2/c1-5-16-15(11-19-10-12(2)3)13-7-6-8-14(9-13)20(4,17)18/h12-16H,5-11H2,1-4H3. The minimum Gasteiger partial charge on any atom is -0.313 e. The monoisotopic (exact) mass is 321 g/mol. The first-order valence-electron chi connectivity index (χ1n) is 7.84. The fraction of sp³-hybridized carbons (Fsp3) is 1.00. The van der Waals surface area contributed by atoms with Gasteiger partial charge in [0, 0.05) is 18.1 Å². The molecule has 1 rings (SSSR count). The Morgan fingerprint density at radius 1 is 1.25 bits per heavy atom. The maximum atomic E-state index is 11.8. The molecule has 1 aliphatic carbocycles. The molecule has 0 radical (unpaired) electrons. The van der Waals surface area contributed by atoms with Crippen molar-refractivity contribution in [1.29, 1.82) is 0 Å². The lowest BCUT2D eigenvalue weighted by atomic mass is 9.84. The molecule has 1 N–H and O–H groups in total. The summed E-state index contributed by atoms with van der Waals surface area (Å²) in [5, 5.41) is 3.47. The molecule has 0 aliphatic heterocycles. The van der Waals surface area contributed by atoms with Crippen LogP contribution in [0.15, 0.2) is 0 Å². The van der Waals surface area contributed by atoms with Crippen molar-refractivity contribution >= 4 is 21.6 Å². The van der Waals surface area contributed by atoms with Crippen LogP contribution >= 0.6 is 11.8 Å². The fourth-order valence-corrected chi connectivity index (χ4v) is 5.43. The summed E-state index contributed by atoms with van der Waals surface area (Å²) in [4.78, 5) is 0. The van der Waals surface area contributed by atoms with Gasteiger partial charge in [0.25, 0.3) is 0 Å². The highest BCUT2D eigenvalue weighted by Crippen LogP contribution is 2.32. The first-order valence-corrected chi connectivity index (χ1v) is 11.0. The second kappa shape index (κ2) is 8.64. The van der Waals surface area contributed by atoms with Gasteiger partial charge < -0.3 is 5.32 Å². The van der Waals surface area contributed by atoms with E-state index in [1.54, 1.807) is 0 Å². The zero-order valence-corrected chi connectivity index (χ0v) is 15.0. The van der Waals surface area contributed by atoms with Crippen LogP contribution in [-0.4, -0.2) is 44.0 Å². The van der Waals surface area contributed by atoms with Crippen LogP contribution in [0.3, 0.4) is 0 Å². The van der Waals surface area contributed by atoms with E-state index >= 15 is 0 Å². The Morgan fingerprint density at radius 2 is 1.95 bits per heavy atom.